The average Bonchev–Trinajstić information content (AvgIpc) is 2.49. The maximum atomic E-state index is 6.16. The van der Waals surface area contributed by atoms with Gasteiger partial charge in [-0.05, 0) is 35.9 Å². The number of para-hydroxylation sites is 1. The predicted octanol–water partition coefficient (Wildman–Crippen LogP) is 4.33. The number of hydrogen-bond acceptors (Lipinski definition) is 3. The van der Waals surface area contributed by atoms with Crippen LogP contribution < -0.4 is 5.43 Å². The molecule has 0 aliphatic rings. The molecule has 4 heteroatoms. The van der Waals surface area contributed by atoms with E-state index in [0.717, 1.165) is 22.2 Å². The number of rotatable bonds is 3. The maximum absolute atomic E-state index is 6.16. The topological polar surface area (TPSA) is 37.3 Å². The highest BCUT2D eigenvalue weighted by Crippen LogP contribution is 2.21. The quantitative estimate of drug-likeness (QED) is 0.573. The van der Waals surface area contributed by atoms with Crippen LogP contribution in [-0.4, -0.2) is 11.2 Å². The fourth-order valence-electron chi connectivity index (χ4n) is 1.90. The first-order chi connectivity index (χ1) is 9.83. The zero-order chi connectivity index (χ0) is 13.8. The number of aromatic nitrogens is 1. The monoisotopic (exact) mass is 281 g/mol. The van der Waals surface area contributed by atoms with Gasteiger partial charge in [0.25, 0.3) is 0 Å². The molecular weight excluding hydrogens is 270 g/mol. The van der Waals surface area contributed by atoms with E-state index in [1.165, 1.54) is 0 Å². The van der Waals surface area contributed by atoms with E-state index in [-0.39, 0.29) is 0 Å². The van der Waals surface area contributed by atoms with Crippen molar-refractivity contribution in [2.45, 2.75) is 0 Å². The number of pyridine rings is 1. The van der Waals surface area contributed by atoms with Gasteiger partial charge in [0.15, 0.2) is 0 Å². The molecule has 0 aliphatic heterocycles. The second-order valence-electron chi connectivity index (χ2n) is 4.31. The van der Waals surface area contributed by atoms with Crippen LogP contribution in [0, 0.1) is 0 Å². The van der Waals surface area contributed by atoms with Gasteiger partial charge in [-0.3, -0.25) is 10.4 Å². The van der Waals surface area contributed by atoms with Crippen LogP contribution >= 0.6 is 11.6 Å². The van der Waals surface area contributed by atoms with E-state index in [1.54, 1.807) is 18.5 Å². The standard InChI is InChI=1S/C16H12ClN3/c17-15-8-9-18-16-7-6-12(10-14(15)16)11-19-20-13-4-2-1-3-5-13/h1-11,20H. The third-order valence-electron chi connectivity index (χ3n) is 2.89. The normalized spacial score (nSPS) is 11.1. The van der Waals surface area contributed by atoms with Gasteiger partial charge < -0.3 is 0 Å². The van der Waals surface area contributed by atoms with Crippen molar-refractivity contribution in [3.05, 3.63) is 71.4 Å². The van der Waals surface area contributed by atoms with Gasteiger partial charge in [-0.25, -0.2) is 0 Å². The fraction of sp³-hybridized carbons (Fsp3) is 0. The van der Waals surface area contributed by atoms with Crippen molar-refractivity contribution in [3.63, 3.8) is 0 Å². The van der Waals surface area contributed by atoms with Crippen molar-refractivity contribution in [3.8, 4) is 0 Å². The summed E-state index contributed by atoms with van der Waals surface area (Å²) in [6.07, 6.45) is 3.46. The second-order valence-corrected chi connectivity index (χ2v) is 4.71. The zero-order valence-electron chi connectivity index (χ0n) is 10.6. The van der Waals surface area contributed by atoms with Crippen molar-refractivity contribution < 1.29 is 0 Å². The van der Waals surface area contributed by atoms with Crippen molar-refractivity contribution in [2.24, 2.45) is 5.10 Å². The Hall–Kier alpha value is -2.39. The Kier molecular flexibility index (Phi) is 3.61. The summed E-state index contributed by atoms with van der Waals surface area (Å²) in [5, 5.41) is 5.83. The molecule has 0 saturated carbocycles. The summed E-state index contributed by atoms with van der Waals surface area (Å²) in [6.45, 7) is 0. The molecule has 1 N–H and O–H groups in total. The minimum atomic E-state index is 0.696. The zero-order valence-corrected chi connectivity index (χ0v) is 11.4. The van der Waals surface area contributed by atoms with E-state index in [2.05, 4.69) is 15.5 Å². The van der Waals surface area contributed by atoms with Crippen molar-refractivity contribution in [1.82, 2.24) is 4.98 Å². The first-order valence-electron chi connectivity index (χ1n) is 6.21. The summed E-state index contributed by atoms with van der Waals surface area (Å²) in [5.41, 5.74) is 5.77. The molecule has 0 amide bonds. The molecule has 0 unspecified atom stereocenters. The smallest absolute Gasteiger partial charge is 0.0717 e. The van der Waals surface area contributed by atoms with Gasteiger partial charge in [-0.1, -0.05) is 35.9 Å². The first-order valence-corrected chi connectivity index (χ1v) is 6.59. The molecule has 0 aliphatic carbocycles. The lowest BCUT2D eigenvalue weighted by Crippen LogP contribution is -1.90. The highest BCUT2D eigenvalue weighted by atomic mass is 35.5. The number of hydrazone groups is 1. The van der Waals surface area contributed by atoms with Gasteiger partial charge >= 0.3 is 0 Å². The van der Waals surface area contributed by atoms with Crippen LogP contribution in [0.15, 0.2) is 65.9 Å². The largest absolute Gasteiger partial charge is 0.279 e. The summed E-state index contributed by atoms with van der Waals surface area (Å²) in [7, 11) is 0. The second kappa shape index (κ2) is 5.72. The molecule has 1 aromatic heterocycles. The lowest BCUT2D eigenvalue weighted by molar-refractivity contribution is 1.35. The molecule has 3 aromatic rings. The van der Waals surface area contributed by atoms with E-state index in [4.69, 9.17) is 11.6 Å². The molecule has 0 saturated heterocycles. The Morgan fingerprint density at radius 1 is 1.05 bits per heavy atom. The number of halogens is 1. The number of fused-ring (bicyclic) bond motifs is 1. The Labute approximate surface area is 121 Å². The van der Waals surface area contributed by atoms with Gasteiger partial charge in [0.2, 0.25) is 0 Å². The van der Waals surface area contributed by atoms with Crippen LogP contribution in [0.5, 0.6) is 0 Å². The fourth-order valence-corrected chi connectivity index (χ4v) is 2.11. The molecule has 20 heavy (non-hydrogen) atoms. The minimum absolute atomic E-state index is 0.696. The molecular formula is C16H12ClN3. The number of anilines is 1. The highest BCUT2D eigenvalue weighted by molar-refractivity contribution is 6.35. The van der Waals surface area contributed by atoms with Gasteiger partial charge in [-0.2, -0.15) is 5.10 Å². The third kappa shape index (κ3) is 2.78. The van der Waals surface area contributed by atoms with Crippen molar-refractivity contribution in [1.29, 1.82) is 0 Å². The third-order valence-corrected chi connectivity index (χ3v) is 3.22. The van der Waals surface area contributed by atoms with Crippen LogP contribution in [0.3, 0.4) is 0 Å². The number of benzene rings is 2. The van der Waals surface area contributed by atoms with E-state index in [9.17, 15) is 0 Å². The summed E-state index contributed by atoms with van der Waals surface area (Å²) in [6, 6.07) is 17.4. The number of nitrogens with one attached hydrogen (secondary N) is 1. The molecule has 0 radical (unpaired) electrons. The Morgan fingerprint density at radius 3 is 2.75 bits per heavy atom. The van der Waals surface area contributed by atoms with E-state index < -0.39 is 0 Å². The lowest BCUT2D eigenvalue weighted by Gasteiger charge is -2.01. The summed E-state index contributed by atoms with van der Waals surface area (Å²) < 4.78 is 0. The van der Waals surface area contributed by atoms with Gasteiger partial charge in [0.05, 0.1) is 22.4 Å². The van der Waals surface area contributed by atoms with E-state index in [1.807, 2.05) is 48.5 Å². The molecule has 0 bridgehead atoms. The molecule has 0 atom stereocenters. The van der Waals surface area contributed by atoms with Crippen LogP contribution in [0.25, 0.3) is 10.9 Å². The Balaban J connectivity index is 1.82. The average molecular weight is 282 g/mol. The maximum Gasteiger partial charge on any atom is 0.0717 e. The summed E-state index contributed by atoms with van der Waals surface area (Å²) >= 11 is 6.16. The molecule has 2 aromatic carbocycles. The molecule has 0 fully saturated rings. The van der Waals surface area contributed by atoms with Crippen LogP contribution in [0.2, 0.25) is 5.02 Å². The Morgan fingerprint density at radius 2 is 1.90 bits per heavy atom. The van der Waals surface area contributed by atoms with Gasteiger partial charge in [0, 0.05) is 11.6 Å². The van der Waals surface area contributed by atoms with Gasteiger partial charge in [0.1, 0.15) is 0 Å². The summed E-state index contributed by atoms with van der Waals surface area (Å²) in [4.78, 5) is 4.27. The number of hydrogen-bond donors (Lipinski definition) is 1. The minimum Gasteiger partial charge on any atom is -0.279 e. The van der Waals surface area contributed by atoms with E-state index >= 15 is 0 Å². The summed E-state index contributed by atoms with van der Waals surface area (Å²) in [5.74, 6) is 0. The molecule has 3 nitrogen and oxygen atoms in total. The first kappa shape index (κ1) is 12.6. The Bertz CT molecular complexity index is 754. The molecule has 3 rings (SSSR count). The van der Waals surface area contributed by atoms with E-state index in [0.29, 0.717) is 5.02 Å². The van der Waals surface area contributed by atoms with Crippen molar-refractivity contribution in [2.75, 3.05) is 5.43 Å². The molecule has 1 heterocycles. The number of nitrogens with zero attached hydrogens (tertiary/aromatic N) is 2. The lowest BCUT2D eigenvalue weighted by atomic mass is 10.1. The molecule has 98 valence electrons. The van der Waals surface area contributed by atoms with Crippen LogP contribution in [0.1, 0.15) is 5.56 Å². The van der Waals surface area contributed by atoms with Crippen LogP contribution in [0.4, 0.5) is 5.69 Å². The van der Waals surface area contributed by atoms with Gasteiger partial charge in [-0.15, -0.1) is 0 Å². The SMILES string of the molecule is Clc1ccnc2ccc(C=NNc3ccccc3)cc12. The van der Waals surface area contributed by atoms with Crippen LogP contribution in [-0.2, 0) is 0 Å². The predicted molar refractivity (Wildman–Crippen MR) is 84.4 cm³/mol. The highest BCUT2D eigenvalue weighted by Gasteiger charge is 2.00. The molecule has 0 spiro atoms. The van der Waals surface area contributed by atoms with Crippen molar-refractivity contribution >= 4 is 34.4 Å².